The van der Waals surface area contributed by atoms with Crippen LogP contribution >= 0.6 is 15.9 Å². The lowest BCUT2D eigenvalue weighted by Gasteiger charge is -2.11. The Kier molecular flexibility index (Phi) is 6.46. The van der Waals surface area contributed by atoms with E-state index in [-0.39, 0.29) is 5.91 Å². The first-order valence-corrected chi connectivity index (χ1v) is 11.2. The lowest BCUT2D eigenvalue weighted by molar-refractivity contribution is -0.139. The van der Waals surface area contributed by atoms with Gasteiger partial charge in [0.1, 0.15) is 17.1 Å². The third-order valence-electron chi connectivity index (χ3n) is 5.18. The predicted octanol–water partition coefficient (Wildman–Crippen LogP) is 6.41. The van der Waals surface area contributed by atoms with Gasteiger partial charge in [0.25, 0.3) is 5.91 Å². The van der Waals surface area contributed by atoms with Crippen LogP contribution in [0.2, 0.25) is 0 Å². The van der Waals surface area contributed by atoms with Gasteiger partial charge in [-0.2, -0.15) is 0 Å². The molecule has 1 amide bonds. The molecule has 164 valence electrons. The van der Waals surface area contributed by atoms with Gasteiger partial charge in [0.15, 0.2) is 6.61 Å². The van der Waals surface area contributed by atoms with Crippen molar-refractivity contribution in [2.24, 2.45) is 0 Å². The number of carbonyl (C=O) groups excluding carboxylic acids is 1. The van der Waals surface area contributed by atoms with Crippen LogP contribution < -0.4 is 10.1 Å². The van der Waals surface area contributed by atoms with Gasteiger partial charge < -0.3 is 19.6 Å². The molecule has 0 aliphatic carbocycles. The summed E-state index contributed by atoms with van der Waals surface area (Å²) in [6.45, 7) is 1.69. The second-order valence-electron chi connectivity index (χ2n) is 7.45. The largest absolute Gasteiger partial charge is 0.481 e. The summed E-state index contributed by atoms with van der Waals surface area (Å²) >= 11 is 3.48. The normalized spacial score (nSPS) is 11.1. The van der Waals surface area contributed by atoms with Crippen molar-refractivity contribution in [1.82, 2.24) is 0 Å². The summed E-state index contributed by atoms with van der Waals surface area (Å²) in [4.78, 5) is 24.0. The third kappa shape index (κ3) is 4.48. The van der Waals surface area contributed by atoms with Crippen molar-refractivity contribution in [3.8, 4) is 5.75 Å². The highest BCUT2D eigenvalue weighted by molar-refractivity contribution is 9.10. The van der Waals surface area contributed by atoms with E-state index in [4.69, 9.17) is 14.3 Å². The summed E-state index contributed by atoms with van der Waals surface area (Å²) in [5, 5.41) is 14.4. The molecule has 4 aromatic rings. The Balaban J connectivity index is 1.63. The molecule has 2 N–H and O–H groups in total. The summed E-state index contributed by atoms with van der Waals surface area (Å²) < 4.78 is 11.9. The number of furan rings is 1. The zero-order chi connectivity index (χ0) is 22.7. The molecule has 6 nitrogen and oxygen atoms in total. The minimum atomic E-state index is -1.04. The van der Waals surface area contributed by atoms with Gasteiger partial charge in [0, 0.05) is 17.5 Å². The topological polar surface area (TPSA) is 88.8 Å². The van der Waals surface area contributed by atoms with Crippen LogP contribution in [-0.4, -0.2) is 23.6 Å². The Bertz CT molecular complexity index is 1310. The maximum atomic E-state index is 13.2. The molecule has 0 bridgehead atoms. The summed E-state index contributed by atoms with van der Waals surface area (Å²) in [6, 6.07) is 16.6. The SMILES string of the molecule is CCCCc1oc2ccccc2c1C(=O)Nc1ccc2c(Br)c(OCC(=O)O)ccc2c1. The average molecular weight is 496 g/mol. The lowest BCUT2D eigenvalue weighted by Crippen LogP contribution is -2.13. The first-order chi connectivity index (χ1) is 15.5. The van der Waals surface area contributed by atoms with Gasteiger partial charge in [-0.1, -0.05) is 43.7 Å². The number of nitrogens with one attached hydrogen (secondary N) is 1. The van der Waals surface area contributed by atoms with Gasteiger partial charge >= 0.3 is 5.97 Å². The van der Waals surface area contributed by atoms with E-state index in [9.17, 15) is 9.59 Å². The average Bonchev–Trinajstić information content (AvgIpc) is 3.15. The number of fused-ring (bicyclic) bond motifs is 2. The van der Waals surface area contributed by atoms with Gasteiger partial charge in [-0.05, 0) is 57.4 Å². The molecule has 1 aromatic heterocycles. The van der Waals surface area contributed by atoms with Crippen LogP contribution in [0.4, 0.5) is 5.69 Å². The van der Waals surface area contributed by atoms with Crippen molar-refractivity contribution in [3.05, 3.63) is 70.4 Å². The number of halogens is 1. The lowest BCUT2D eigenvalue weighted by atomic mass is 10.1. The molecule has 0 spiro atoms. The second kappa shape index (κ2) is 9.44. The van der Waals surface area contributed by atoms with E-state index in [1.807, 2.05) is 42.5 Å². The van der Waals surface area contributed by atoms with Gasteiger partial charge in [0.05, 0.1) is 10.0 Å². The molecule has 0 aliphatic rings. The van der Waals surface area contributed by atoms with Crippen molar-refractivity contribution in [3.63, 3.8) is 0 Å². The molecule has 0 atom stereocenters. The maximum Gasteiger partial charge on any atom is 0.341 e. The first kappa shape index (κ1) is 21.9. The fourth-order valence-electron chi connectivity index (χ4n) is 3.65. The molecule has 0 aliphatic heterocycles. The monoisotopic (exact) mass is 495 g/mol. The minimum absolute atomic E-state index is 0.208. The number of anilines is 1. The number of hydrogen-bond donors (Lipinski definition) is 2. The number of carboxylic acid groups (broad SMARTS) is 1. The van der Waals surface area contributed by atoms with Crippen molar-refractivity contribution in [2.75, 3.05) is 11.9 Å². The zero-order valence-electron chi connectivity index (χ0n) is 17.5. The van der Waals surface area contributed by atoms with E-state index in [0.29, 0.717) is 39.2 Å². The number of rotatable bonds is 8. The Morgan fingerprint density at radius 3 is 2.69 bits per heavy atom. The van der Waals surface area contributed by atoms with Crippen molar-refractivity contribution < 1.29 is 23.8 Å². The Hall–Kier alpha value is -3.32. The van der Waals surface area contributed by atoms with E-state index < -0.39 is 12.6 Å². The number of benzene rings is 3. The number of para-hydroxylation sites is 1. The quantitative estimate of drug-likeness (QED) is 0.295. The summed E-state index contributed by atoms with van der Waals surface area (Å²) in [5.41, 5.74) is 1.94. The van der Waals surface area contributed by atoms with E-state index in [1.165, 1.54) is 0 Å². The first-order valence-electron chi connectivity index (χ1n) is 10.4. The molecule has 0 unspecified atom stereocenters. The highest BCUT2D eigenvalue weighted by atomic mass is 79.9. The molecule has 4 rings (SSSR count). The molecule has 7 heteroatoms. The second-order valence-corrected chi connectivity index (χ2v) is 8.24. The van der Waals surface area contributed by atoms with E-state index >= 15 is 0 Å². The fourth-order valence-corrected chi connectivity index (χ4v) is 4.26. The van der Waals surface area contributed by atoms with Gasteiger partial charge in [-0.15, -0.1) is 0 Å². The molecule has 0 saturated heterocycles. The van der Waals surface area contributed by atoms with Gasteiger partial charge in [0.2, 0.25) is 0 Å². The summed E-state index contributed by atoms with van der Waals surface area (Å²) in [7, 11) is 0. The number of carboxylic acids is 1. The Labute approximate surface area is 193 Å². The van der Waals surface area contributed by atoms with Crippen LogP contribution in [0, 0.1) is 0 Å². The molecular formula is C25H22BrNO5. The van der Waals surface area contributed by atoms with Crippen LogP contribution in [0.5, 0.6) is 5.75 Å². The third-order valence-corrected chi connectivity index (χ3v) is 6.00. The predicted molar refractivity (Wildman–Crippen MR) is 128 cm³/mol. The molecule has 0 radical (unpaired) electrons. The van der Waals surface area contributed by atoms with E-state index in [1.54, 1.807) is 12.1 Å². The number of unbranched alkanes of at least 4 members (excludes halogenated alkanes) is 1. The number of aryl methyl sites for hydroxylation is 1. The van der Waals surface area contributed by atoms with E-state index in [0.717, 1.165) is 29.0 Å². The van der Waals surface area contributed by atoms with Crippen LogP contribution in [-0.2, 0) is 11.2 Å². The van der Waals surface area contributed by atoms with Crippen molar-refractivity contribution in [2.45, 2.75) is 26.2 Å². The van der Waals surface area contributed by atoms with E-state index in [2.05, 4.69) is 28.2 Å². The molecule has 1 heterocycles. The molecule has 0 fully saturated rings. The number of carbonyl (C=O) groups is 2. The minimum Gasteiger partial charge on any atom is -0.481 e. The number of aliphatic carboxylic acids is 1. The van der Waals surface area contributed by atoms with Crippen LogP contribution in [0.1, 0.15) is 35.9 Å². The Morgan fingerprint density at radius 1 is 1.09 bits per heavy atom. The number of amides is 1. The van der Waals surface area contributed by atoms with Crippen LogP contribution in [0.15, 0.2) is 63.5 Å². The Morgan fingerprint density at radius 2 is 1.91 bits per heavy atom. The van der Waals surface area contributed by atoms with Crippen LogP contribution in [0.3, 0.4) is 0 Å². The molecule has 32 heavy (non-hydrogen) atoms. The van der Waals surface area contributed by atoms with Crippen molar-refractivity contribution >= 4 is 55.2 Å². The van der Waals surface area contributed by atoms with Gasteiger partial charge in [-0.3, -0.25) is 4.79 Å². The number of hydrogen-bond acceptors (Lipinski definition) is 4. The smallest absolute Gasteiger partial charge is 0.341 e. The molecule has 3 aromatic carbocycles. The number of ether oxygens (including phenoxy) is 1. The highest BCUT2D eigenvalue weighted by Gasteiger charge is 2.20. The maximum absolute atomic E-state index is 13.2. The summed E-state index contributed by atoms with van der Waals surface area (Å²) in [6.07, 6.45) is 2.66. The standard InChI is InChI=1S/C25H22BrNO5/c1-2-3-7-20-23(18-6-4-5-8-19(18)32-20)25(30)27-16-10-11-17-15(13-16)9-12-21(24(17)26)31-14-22(28)29/h4-6,8-13H,2-3,7,14H2,1H3,(H,27,30)(H,28,29). The zero-order valence-corrected chi connectivity index (χ0v) is 19.1. The molecule has 0 saturated carbocycles. The highest BCUT2D eigenvalue weighted by Crippen LogP contribution is 2.35. The van der Waals surface area contributed by atoms with Crippen LogP contribution in [0.25, 0.3) is 21.7 Å². The molecular weight excluding hydrogens is 474 g/mol. The van der Waals surface area contributed by atoms with Crippen molar-refractivity contribution in [1.29, 1.82) is 0 Å². The summed E-state index contributed by atoms with van der Waals surface area (Å²) in [5.74, 6) is -0.0996. The fraction of sp³-hybridized carbons (Fsp3) is 0.200. The van der Waals surface area contributed by atoms with Gasteiger partial charge in [-0.25, -0.2) is 4.79 Å².